The molecule has 1 aromatic heterocycles. The highest BCUT2D eigenvalue weighted by Crippen LogP contribution is 2.23. The van der Waals surface area contributed by atoms with Crippen molar-refractivity contribution in [3.8, 4) is 0 Å². The van der Waals surface area contributed by atoms with Crippen LogP contribution in [0, 0.1) is 0 Å². The Hall–Kier alpha value is -0.800. The maximum absolute atomic E-state index is 5.91. The van der Waals surface area contributed by atoms with Gasteiger partial charge in [0.2, 0.25) is 0 Å². The zero-order valence-electron chi connectivity index (χ0n) is 9.99. The molecular formula is C13H22N2O. The minimum absolute atomic E-state index is 0.356. The fourth-order valence-electron chi connectivity index (χ4n) is 2.46. The molecule has 1 fully saturated rings. The van der Waals surface area contributed by atoms with Crippen LogP contribution in [-0.4, -0.2) is 12.1 Å². The van der Waals surface area contributed by atoms with Crippen LogP contribution in [0.15, 0.2) is 22.8 Å². The molecule has 3 nitrogen and oxygen atoms in total. The van der Waals surface area contributed by atoms with Gasteiger partial charge in [0.15, 0.2) is 0 Å². The molecule has 0 aromatic carbocycles. The largest absolute Gasteiger partial charge is 0.468 e. The number of hydrogen-bond donors (Lipinski definition) is 2. The third-order valence-electron chi connectivity index (χ3n) is 3.50. The van der Waals surface area contributed by atoms with E-state index in [2.05, 4.69) is 18.3 Å². The second kappa shape index (κ2) is 5.51. The lowest BCUT2D eigenvalue weighted by molar-refractivity contribution is 0.293. The fraction of sp³-hybridized carbons (Fsp3) is 0.692. The second-order valence-electron chi connectivity index (χ2n) is 4.75. The highest BCUT2D eigenvalue weighted by atomic mass is 16.3. The highest BCUT2D eigenvalue weighted by molar-refractivity contribution is 5.04. The van der Waals surface area contributed by atoms with E-state index in [9.17, 15) is 0 Å². The second-order valence-corrected chi connectivity index (χ2v) is 4.75. The summed E-state index contributed by atoms with van der Waals surface area (Å²) in [6.07, 6.45) is 7.49. The molecule has 0 spiro atoms. The van der Waals surface area contributed by atoms with Crippen LogP contribution in [0.2, 0.25) is 0 Å². The first kappa shape index (κ1) is 11.7. The summed E-state index contributed by atoms with van der Waals surface area (Å²) in [5, 5.41) is 3.68. The quantitative estimate of drug-likeness (QED) is 0.823. The summed E-state index contributed by atoms with van der Waals surface area (Å²) in [6.45, 7) is 2.19. The number of nitrogens with one attached hydrogen (secondary N) is 1. The summed E-state index contributed by atoms with van der Waals surface area (Å²) in [4.78, 5) is 0. The van der Waals surface area contributed by atoms with E-state index in [0.717, 1.165) is 25.0 Å². The van der Waals surface area contributed by atoms with Gasteiger partial charge in [-0.1, -0.05) is 6.92 Å². The Bertz CT molecular complexity index is 289. The van der Waals surface area contributed by atoms with E-state index >= 15 is 0 Å². The molecule has 1 aromatic rings. The van der Waals surface area contributed by atoms with Gasteiger partial charge in [-0.25, -0.2) is 0 Å². The Labute approximate surface area is 97.4 Å². The topological polar surface area (TPSA) is 51.2 Å². The fourth-order valence-corrected chi connectivity index (χ4v) is 2.46. The van der Waals surface area contributed by atoms with Gasteiger partial charge in [-0.2, -0.15) is 0 Å². The molecule has 0 aliphatic heterocycles. The van der Waals surface area contributed by atoms with Gasteiger partial charge < -0.3 is 15.5 Å². The average molecular weight is 222 g/mol. The molecule has 3 heteroatoms. The summed E-state index contributed by atoms with van der Waals surface area (Å²) < 4.78 is 5.46. The van der Waals surface area contributed by atoms with Crippen molar-refractivity contribution < 1.29 is 4.42 Å². The van der Waals surface area contributed by atoms with Gasteiger partial charge in [-0.3, -0.25) is 0 Å². The SMILES string of the molecule is CCC(NC1CCC(N)CC1)c1ccco1. The molecule has 1 heterocycles. The number of furan rings is 1. The molecule has 1 saturated carbocycles. The Morgan fingerprint density at radius 1 is 1.44 bits per heavy atom. The van der Waals surface area contributed by atoms with Crippen molar-refractivity contribution in [1.29, 1.82) is 0 Å². The lowest BCUT2D eigenvalue weighted by atomic mass is 9.91. The summed E-state index contributed by atoms with van der Waals surface area (Å²) in [5.41, 5.74) is 5.91. The van der Waals surface area contributed by atoms with Crippen molar-refractivity contribution in [3.63, 3.8) is 0 Å². The van der Waals surface area contributed by atoms with Gasteiger partial charge in [0.1, 0.15) is 5.76 Å². The van der Waals surface area contributed by atoms with Crippen molar-refractivity contribution in [3.05, 3.63) is 24.2 Å². The Morgan fingerprint density at radius 3 is 2.75 bits per heavy atom. The monoisotopic (exact) mass is 222 g/mol. The van der Waals surface area contributed by atoms with Gasteiger partial charge in [0.05, 0.1) is 12.3 Å². The number of hydrogen-bond acceptors (Lipinski definition) is 3. The van der Waals surface area contributed by atoms with Gasteiger partial charge in [0.25, 0.3) is 0 Å². The summed E-state index contributed by atoms with van der Waals surface area (Å²) in [5.74, 6) is 1.05. The van der Waals surface area contributed by atoms with E-state index in [4.69, 9.17) is 10.2 Å². The molecule has 1 aliphatic carbocycles. The van der Waals surface area contributed by atoms with Crippen LogP contribution >= 0.6 is 0 Å². The van der Waals surface area contributed by atoms with Gasteiger partial charge >= 0.3 is 0 Å². The third kappa shape index (κ3) is 2.86. The molecule has 1 atom stereocenters. The van der Waals surface area contributed by atoms with Crippen LogP contribution in [-0.2, 0) is 0 Å². The lowest BCUT2D eigenvalue weighted by Gasteiger charge is -2.29. The Morgan fingerprint density at radius 2 is 2.19 bits per heavy atom. The smallest absolute Gasteiger partial charge is 0.120 e. The summed E-state index contributed by atoms with van der Waals surface area (Å²) in [7, 11) is 0. The first-order valence-electron chi connectivity index (χ1n) is 6.34. The zero-order valence-corrected chi connectivity index (χ0v) is 9.99. The first-order chi connectivity index (χ1) is 7.79. The van der Waals surface area contributed by atoms with Crippen LogP contribution in [0.3, 0.4) is 0 Å². The molecule has 3 N–H and O–H groups in total. The van der Waals surface area contributed by atoms with Crippen LogP contribution in [0.1, 0.15) is 50.8 Å². The molecule has 0 radical (unpaired) electrons. The predicted molar refractivity (Wildman–Crippen MR) is 65.1 cm³/mol. The van der Waals surface area contributed by atoms with Crippen molar-refractivity contribution in [1.82, 2.24) is 5.32 Å². The lowest BCUT2D eigenvalue weighted by Crippen LogP contribution is -2.39. The van der Waals surface area contributed by atoms with Crippen LogP contribution in [0.4, 0.5) is 0 Å². The van der Waals surface area contributed by atoms with Crippen molar-refractivity contribution in [2.24, 2.45) is 5.73 Å². The predicted octanol–water partition coefficient (Wildman–Crippen LogP) is 2.59. The van der Waals surface area contributed by atoms with Crippen molar-refractivity contribution in [2.75, 3.05) is 0 Å². The minimum Gasteiger partial charge on any atom is -0.468 e. The van der Waals surface area contributed by atoms with Gasteiger partial charge in [-0.15, -0.1) is 0 Å². The van der Waals surface area contributed by atoms with E-state index in [0.29, 0.717) is 18.1 Å². The number of nitrogens with two attached hydrogens (primary N) is 1. The van der Waals surface area contributed by atoms with Crippen LogP contribution in [0.25, 0.3) is 0 Å². The van der Waals surface area contributed by atoms with Crippen molar-refractivity contribution in [2.45, 2.75) is 57.2 Å². The Balaban J connectivity index is 1.87. The van der Waals surface area contributed by atoms with Crippen LogP contribution in [0.5, 0.6) is 0 Å². The molecule has 0 bridgehead atoms. The van der Waals surface area contributed by atoms with E-state index in [-0.39, 0.29) is 0 Å². The first-order valence-corrected chi connectivity index (χ1v) is 6.34. The molecule has 1 aliphatic rings. The maximum atomic E-state index is 5.91. The van der Waals surface area contributed by atoms with Crippen LogP contribution < -0.4 is 11.1 Å². The Kier molecular flexibility index (Phi) is 4.02. The molecule has 90 valence electrons. The maximum Gasteiger partial charge on any atom is 0.120 e. The van der Waals surface area contributed by atoms with E-state index < -0.39 is 0 Å². The molecule has 0 amide bonds. The average Bonchev–Trinajstić information content (AvgIpc) is 2.82. The van der Waals surface area contributed by atoms with Crippen molar-refractivity contribution >= 4 is 0 Å². The highest BCUT2D eigenvalue weighted by Gasteiger charge is 2.22. The van der Waals surface area contributed by atoms with Gasteiger partial charge in [0, 0.05) is 12.1 Å². The zero-order chi connectivity index (χ0) is 11.4. The van der Waals surface area contributed by atoms with E-state index in [1.165, 1.54) is 12.8 Å². The van der Waals surface area contributed by atoms with Gasteiger partial charge in [-0.05, 0) is 44.2 Å². The standard InChI is InChI=1S/C13H22N2O/c1-2-12(13-4-3-9-16-13)15-11-7-5-10(14)6-8-11/h3-4,9-12,15H,2,5-8,14H2,1H3. The van der Waals surface area contributed by atoms with E-state index in [1.807, 2.05) is 6.07 Å². The molecule has 2 rings (SSSR count). The third-order valence-corrected chi connectivity index (χ3v) is 3.50. The molecule has 0 saturated heterocycles. The molecular weight excluding hydrogens is 200 g/mol. The molecule has 16 heavy (non-hydrogen) atoms. The normalized spacial score (nSPS) is 27.9. The van der Waals surface area contributed by atoms with E-state index in [1.54, 1.807) is 6.26 Å². The summed E-state index contributed by atoms with van der Waals surface area (Å²) in [6, 6.07) is 5.39. The number of rotatable bonds is 4. The minimum atomic E-state index is 0.356. The molecule has 1 unspecified atom stereocenters. The summed E-state index contributed by atoms with van der Waals surface area (Å²) >= 11 is 0.